The van der Waals surface area contributed by atoms with Gasteiger partial charge in [0.05, 0.1) is 5.75 Å². The van der Waals surface area contributed by atoms with Gasteiger partial charge in [-0.05, 0) is 6.42 Å². The third kappa shape index (κ3) is 3.14. The Morgan fingerprint density at radius 3 is 2.69 bits per heavy atom. The highest BCUT2D eigenvalue weighted by atomic mass is 35.5. The number of hydrogen-bond acceptors (Lipinski definition) is 2. The highest BCUT2D eigenvalue weighted by molar-refractivity contribution is 7.89. The first-order valence-corrected chi connectivity index (χ1v) is 5.97. The number of hydrogen-bond donors (Lipinski definition) is 0. The second-order valence-electron chi connectivity index (χ2n) is 2.89. The minimum Gasteiger partial charge on any atom is -0.212 e. The first-order chi connectivity index (χ1) is 6.02. The maximum atomic E-state index is 11.5. The van der Waals surface area contributed by atoms with Gasteiger partial charge in [0, 0.05) is 18.1 Å². The van der Waals surface area contributed by atoms with Crippen molar-refractivity contribution in [3.8, 4) is 0 Å². The number of nitrogens with zero attached hydrogens (tertiary/aromatic N) is 1. The Hall–Kier alpha value is -0.320. The summed E-state index contributed by atoms with van der Waals surface area (Å²) >= 11 is 5.46. The molecular weight excluding hydrogens is 210 g/mol. The number of halogens is 1. The molecule has 1 aliphatic rings. The summed E-state index contributed by atoms with van der Waals surface area (Å²) in [7, 11) is -3.23. The third-order valence-electron chi connectivity index (χ3n) is 1.75. The fraction of sp³-hybridized carbons (Fsp3) is 0.500. The molecule has 0 N–H and O–H groups in total. The largest absolute Gasteiger partial charge is 0.219 e. The average Bonchev–Trinajstić information content (AvgIpc) is 2.04. The van der Waals surface area contributed by atoms with Gasteiger partial charge in [-0.3, -0.25) is 0 Å². The summed E-state index contributed by atoms with van der Waals surface area (Å²) < 4.78 is 24.5. The first kappa shape index (κ1) is 10.8. The molecule has 13 heavy (non-hydrogen) atoms. The SMILES string of the molecule is C=C(Cl)CS(=O)(=O)N1CC=CCC1. The summed E-state index contributed by atoms with van der Waals surface area (Å²) in [5.41, 5.74) is 0. The van der Waals surface area contributed by atoms with Gasteiger partial charge in [0.1, 0.15) is 0 Å². The Morgan fingerprint density at radius 1 is 1.54 bits per heavy atom. The van der Waals surface area contributed by atoms with Crippen LogP contribution in [0.4, 0.5) is 0 Å². The van der Waals surface area contributed by atoms with E-state index in [1.807, 2.05) is 12.2 Å². The minimum atomic E-state index is -3.23. The zero-order valence-corrected chi connectivity index (χ0v) is 8.81. The minimum absolute atomic E-state index is 0.162. The summed E-state index contributed by atoms with van der Waals surface area (Å²) in [5.74, 6) is -0.164. The van der Waals surface area contributed by atoms with E-state index in [9.17, 15) is 8.42 Å². The van der Waals surface area contributed by atoms with Crippen LogP contribution in [-0.2, 0) is 10.0 Å². The second-order valence-corrected chi connectivity index (χ2v) is 5.40. The van der Waals surface area contributed by atoms with Gasteiger partial charge in [0.2, 0.25) is 10.0 Å². The summed E-state index contributed by atoms with van der Waals surface area (Å²) in [5, 5.41) is 0.162. The molecule has 0 aromatic rings. The van der Waals surface area contributed by atoms with E-state index in [-0.39, 0.29) is 10.8 Å². The smallest absolute Gasteiger partial charge is 0.212 e. The van der Waals surface area contributed by atoms with Crippen LogP contribution in [0.25, 0.3) is 0 Å². The summed E-state index contributed by atoms with van der Waals surface area (Å²) in [6.45, 7) is 4.37. The quantitative estimate of drug-likeness (QED) is 0.675. The maximum absolute atomic E-state index is 11.5. The van der Waals surface area contributed by atoms with Gasteiger partial charge in [-0.2, -0.15) is 4.31 Å². The van der Waals surface area contributed by atoms with Crippen molar-refractivity contribution in [3.05, 3.63) is 23.8 Å². The predicted molar refractivity (Wildman–Crippen MR) is 54.1 cm³/mol. The average molecular weight is 222 g/mol. The molecule has 0 amide bonds. The number of rotatable bonds is 3. The van der Waals surface area contributed by atoms with Crippen molar-refractivity contribution in [2.24, 2.45) is 0 Å². The first-order valence-electron chi connectivity index (χ1n) is 3.98. The molecule has 0 saturated heterocycles. The molecule has 1 heterocycles. The standard InChI is InChI=1S/C8H12ClNO2S/c1-8(9)7-13(11,12)10-5-3-2-4-6-10/h2-3H,1,4-7H2. The molecule has 1 rings (SSSR count). The zero-order valence-electron chi connectivity index (χ0n) is 7.24. The lowest BCUT2D eigenvalue weighted by molar-refractivity contribution is 0.439. The van der Waals surface area contributed by atoms with Crippen molar-refractivity contribution in [3.63, 3.8) is 0 Å². The zero-order chi connectivity index (χ0) is 9.90. The molecule has 0 unspecified atom stereocenters. The van der Waals surface area contributed by atoms with Crippen molar-refractivity contribution >= 4 is 21.6 Å². The summed E-state index contributed by atoms with van der Waals surface area (Å²) in [6.07, 6.45) is 4.59. The van der Waals surface area contributed by atoms with Gasteiger partial charge >= 0.3 is 0 Å². The predicted octanol–water partition coefficient (Wildman–Crippen LogP) is 1.33. The van der Waals surface area contributed by atoms with Crippen molar-refractivity contribution in [2.75, 3.05) is 18.8 Å². The van der Waals surface area contributed by atoms with Crippen LogP contribution in [0.2, 0.25) is 0 Å². The molecule has 5 heteroatoms. The van der Waals surface area contributed by atoms with Gasteiger partial charge in [0.25, 0.3) is 0 Å². The van der Waals surface area contributed by atoms with Crippen LogP contribution in [0.15, 0.2) is 23.8 Å². The Bertz CT molecular complexity index is 321. The van der Waals surface area contributed by atoms with E-state index >= 15 is 0 Å². The van der Waals surface area contributed by atoms with Gasteiger partial charge in [0.15, 0.2) is 0 Å². The Labute approximate surface area is 83.7 Å². The van der Waals surface area contributed by atoms with Crippen LogP contribution in [0.1, 0.15) is 6.42 Å². The topological polar surface area (TPSA) is 37.4 Å². The molecule has 74 valence electrons. The molecule has 0 atom stereocenters. The fourth-order valence-corrected chi connectivity index (χ4v) is 2.85. The molecule has 0 aromatic carbocycles. The Balaban J connectivity index is 2.69. The fourth-order valence-electron chi connectivity index (χ4n) is 1.16. The third-order valence-corrected chi connectivity index (χ3v) is 3.88. The molecule has 3 nitrogen and oxygen atoms in total. The van der Waals surface area contributed by atoms with Crippen molar-refractivity contribution in [1.29, 1.82) is 0 Å². The lowest BCUT2D eigenvalue weighted by Gasteiger charge is -2.22. The van der Waals surface area contributed by atoms with E-state index in [0.717, 1.165) is 6.42 Å². The van der Waals surface area contributed by atoms with Crippen LogP contribution in [0, 0.1) is 0 Å². The molecule has 0 spiro atoms. The molecule has 0 aromatic heterocycles. The van der Waals surface area contributed by atoms with Crippen LogP contribution in [0.5, 0.6) is 0 Å². The molecule has 0 aliphatic carbocycles. The van der Waals surface area contributed by atoms with Gasteiger partial charge < -0.3 is 0 Å². The number of sulfonamides is 1. The Morgan fingerprint density at radius 2 is 2.23 bits per heavy atom. The van der Waals surface area contributed by atoms with Crippen molar-refractivity contribution < 1.29 is 8.42 Å². The van der Waals surface area contributed by atoms with Crippen LogP contribution >= 0.6 is 11.6 Å². The van der Waals surface area contributed by atoms with Crippen molar-refractivity contribution in [2.45, 2.75) is 6.42 Å². The van der Waals surface area contributed by atoms with E-state index in [1.54, 1.807) is 0 Å². The van der Waals surface area contributed by atoms with Gasteiger partial charge in [-0.1, -0.05) is 30.3 Å². The van der Waals surface area contributed by atoms with Gasteiger partial charge in [-0.25, -0.2) is 8.42 Å². The van der Waals surface area contributed by atoms with Crippen LogP contribution in [-0.4, -0.2) is 31.6 Å². The van der Waals surface area contributed by atoms with Gasteiger partial charge in [-0.15, -0.1) is 0 Å². The van der Waals surface area contributed by atoms with Crippen LogP contribution < -0.4 is 0 Å². The highest BCUT2D eigenvalue weighted by Crippen LogP contribution is 2.12. The maximum Gasteiger partial charge on any atom is 0.219 e. The highest BCUT2D eigenvalue weighted by Gasteiger charge is 2.21. The molecule has 0 bridgehead atoms. The summed E-state index contributed by atoms with van der Waals surface area (Å²) in [4.78, 5) is 0. The molecule has 0 radical (unpaired) electrons. The molecule has 0 fully saturated rings. The molecule has 0 saturated carbocycles. The normalized spacial score (nSPS) is 18.8. The monoisotopic (exact) mass is 221 g/mol. The van der Waals surface area contributed by atoms with Crippen molar-refractivity contribution in [1.82, 2.24) is 4.31 Å². The molecular formula is C8H12ClNO2S. The second kappa shape index (κ2) is 4.26. The van der Waals surface area contributed by atoms with E-state index in [2.05, 4.69) is 6.58 Å². The summed E-state index contributed by atoms with van der Waals surface area (Å²) in [6, 6.07) is 0. The lowest BCUT2D eigenvalue weighted by atomic mass is 10.3. The lowest BCUT2D eigenvalue weighted by Crippen LogP contribution is -2.35. The Kier molecular flexibility index (Phi) is 3.53. The van der Waals surface area contributed by atoms with E-state index in [1.165, 1.54) is 4.31 Å². The van der Waals surface area contributed by atoms with Crippen LogP contribution in [0.3, 0.4) is 0 Å². The van der Waals surface area contributed by atoms with E-state index in [0.29, 0.717) is 13.1 Å². The van der Waals surface area contributed by atoms with E-state index < -0.39 is 10.0 Å². The molecule has 1 aliphatic heterocycles. The van der Waals surface area contributed by atoms with E-state index in [4.69, 9.17) is 11.6 Å².